The van der Waals surface area contributed by atoms with Gasteiger partial charge in [0.2, 0.25) is 5.88 Å². The summed E-state index contributed by atoms with van der Waals surface area (Å²) in [5.41, 5.74) is 2.13. The summed E-state index contributed by atoms with van der Waals surface area (Å²) in [5.74, 6) is 1.21. The summed E-state index contributed by atoms with van der Waals surface area (Å²) in [6.07, 6.45) is 1.65. The van der Waals surface area contributed by atoms with Gasteiger partial charge in [0.15, 0.2) is 0 Å². The number of nitrogens with one attached hydrogen (secondary N) is 1. The third-order valence-electron chi connectivity index (χ3n) is 3.01. The van der Waals surface area contributed by atoms with Gasteiger partial charge >= 0.3 is 0 Å². The van der Waals surface area contributed by atoms with Crippen LogP contribution in [0.3, 0.4) is 0 Å². The van der Waals surface area contributed by atoms with Crippen LogP contribution >= 0.6 is 11.6 Å². The Morgan fingerprint density at radius 2 is 2.00 bits per heavy atom. The molecule has 0 aliphatic rings. The first-order valence-corrected chi connectivity index (χ1v) is 7.55. The Hall–Kier alpha value is -1.58. The highest BCUT2D eigenvalue weighted by atomic mass is 35.5. The van der Waals surface area contributed by atoms with Crippen molar-refractivity contribution in [1.29, 1.82) is 0 Å². The number of ether oxygens (including phenoxy) is 1. The zero-order valence-electron chi connectivity index (χ0n) is 12.5. The predicted molar refractivity (Wildman–Crippen MR) is 86.6 cm³/mol. The van der Waals surface area contributed by atoms with E-state index in [1.54, 1.807) is 6.20 Å². The lowest BCUT2D eigenvalue weighted by Crippen LogP contribution is -2.19. The first kappa shape index (κ1) is 15.8. The van der Waals surface area contributed by atoms with Crippen LogP contribution in [0.25, 0.3) is 0 Å². The van der Waals surface area contributed by atoms with Crippen LogP contribution in [-0.4, -0.2) is 11.5 Å². The van der Waals surface area contributed by atoms with E-state index in [0.29, 0.717) is 23.4 Å². The predicted octanol–water partition coefficient (Wildman–Crippen LogP) is 4.06. The molecule has 0 aliphatic carbocycles. The number of benzene rings is 1. The highest BCUT2D eigenvalue weighted by Gasteiger charge is 2.05. The Morgan fingerprint density at radius 3 is 2.71 bits per heavy atom. The largest absolute Gasteiger partial charge is 0.473 e. The van der Waals surface area contributed by atoms with Crippen molar-refractivity contribution in [3.8, 4) is 5.88 Å². The van der Waals surface area contributed by atoms with Gasteiger partial charge < -0.3 is 10.1 Å². The van der Waals surface area contributed by atoms with Crippen molar-refractivity contribution < 1.29 is 4.74 Å². The lowest BCUT2D eigenvalue weighted by atomic mass is 10.2. The summed E-state index contributed by atoms with van der Waals surface area (Å²) in [7, 11) is 0. The van der Waals surface area contributed by atoms with Crippen LogP contribution in [0.2, 0.25) is 5.02 Å². The molecular formula is C17H21ClN2O. The van der Waals surface area contributed by atoms with Gasteiger partial charge in [-0.25, -0.2) is 4.98 Å². The van der Waals surface area contributed by atoms with Crippen molar-refractivity contribution in [2.75, 3.05) is 6.54 Å². The van der Waals surface area contributed by atoms with E-state index in [2.05, 4.69) is 24.1 Å². The number of pyridine rings is 1. The van der Waals surface area contributed by atoms with Gasteiger partial charge in [-0.3, -0.25) is 0 Å². The quantitative estimate of drug-likeness (QED) is 0.837. The lowest BCUT2D eigenvalue weighted by molar-refractivity contribution is 0.293. The molecule has 1 aromatic heterocycles. The Bertz CT molecular complexity index is 558. The molecule has 0 radical (unpaired) electrons. The van der Waals surface area contributed by atoms with Crippen molar-refractivity contribution >= 4 is 11.6 Å². The van der Waals surface area contributed by atoms with Gasteiger partial charge in [-0.1, -0.05) is 55.8 Å². The maximum absolute atomic E-state index is 6.17. The normalized spacial score (nSPS) is 10.9. The molecule has 0 fully saturated rings. The SMILES string of the molecule is CC(C)CNCc1cc(OCc2ccccc2)ncc1Cl. The number of hydrogen-bond acceptors (Lipinski definition) is 3. The topological polar surface area (TPSA) is 34.1 Å². The van der Waals surface area contributed by atoms with Gasteiger partial charge in [-0.05, 0) is 23.6 Å². The number of rotatable bonds is 7. The minimum Gasteiger partial charge on any atom is -0.473 e. The number of halogens is 1. The fourth-order valence-electron chi connectivity index (χ4n) is 1.90. The molecule has 2 rings (SSSR count). The molecule has 0 bridgehead atoms. The van der Waals surface area contributed by atoms with Gasteiger partial charge in [-0.15, -0.1) is 0 Å². The Balaban J connectivity index is 1.94. The van der Waals surface area contributed by atoms with Crippen LogP contribution in [0.1, 0.15) is 25.0 Å². The Morgan fingerprint density at radius 1 is 1.24 bits per heavy atom. The van der Waals surface area contributed by atoms with Crippen molar-refractivity contribution in [2.45, 2.75) is 27.0 Å². The Labute approximate surface area is 131 Å². The highest BCUT2D eigenvalue weighted by molar-refractivity contribution is 6.31. The smallest absolute Gasteiger partial charge is 0.213 e. The van der Waals surface area contributed by atoms with Crippen molar-refractivity contribution in [2.24, 2.45) is 5.92 Å². The molecule has 0 amide bonds. The van der Waals surface area contributed by atoms with Gasteiger partial charge in [0, 0.05) is 18.8 Å². The summed E-state index contributed by atoms with van der Waals surface area (Å²) < 4.78 is 5.72. The van der Waals surface area contributed by atoms with Crippen LogP contribution in [0.5, 0.6) is 5.88 Å². The minimum atomic E-state index is 0.508. The van der Waals surface area contributed by atoms with Crippen LogP contribution in [0, 0.1) is 5.92 Å². The maximum Gasteiger partial charge on any atom is 0.213 e. The summed E-state index contributed by atoms with van der Waals surface area (Å²) in [6.45, 7) is 6.54. The monoisotopic (exact) mass is 304 g/mol. The molecule has 1 N–H and O–H groups in total. The summed E-state index contributed by atoms with van der Waals surface area (Å²) in [6, 6.07) is 11.9. The molecule has 2 aromatic rings. The molecule has 3 nitrogen and oxygen atoms in total. The summed E-state index contributed by atoms with van der Waals surface area (Å²) in [5, 5.41) is 4.04. The van der Waals surface area contributed by atoms with E-state index < -0.39 is 0 Å². The minimum absolute atomic E-state index is 0.508. The molecule has 0 saturated heterocycles. The van der Waals surface area contributed by atoms with E-state index in [4.69, 9.17) is 16.3 Å². The standard InChI is InChI=1S/C17H21ClN2O/c1-13(2)9-19-10-15-8-17(20-11-16(15)18)21-12-14-6-4-3-5-7-14/h3-8,11,13,19H,9-10,12H2,1-2H3. The molecule has 0 atom stereocenters. The molecule has 0 spiro atoms. The van der Waals surface area contributed by atoms with Gasteiger partial charge in [-0.2, -0.15) is 0 Å². The van der Waals surface area contributed by atoms with Gasteiger partial charge in [0.1, 0.15) is 6.61 Å². The molecule has 0 aliphatic heterocycles. The van der Waals surface area contributed by atoms with E-state index in [9.17, 15) is 0 Å². The second-order valence-corrected chi connectivity index (χ2v) is 5.82. The molecule has 1 heterocycles. The fraction of sp³-hybridized carbons (Fsp3) is 0.353. The zero-order chi connectivity index (χ0) is 15.1. The average molecular weight is 305 g/mol. The Kier molecular flexibility index (Phi) is 6.03. The number of nitrogens with zero attached hydrogens (tertiary/aromatic N) is 1. The first-order valence-electron chi connectivity index (χ1n) is 7.17. The number of hydrogen-bond donors (Lipinski definition) is 1. The third-order valence-corrected chi connectivity index (χ3v) is 3.35. The van der Waals surface area contributed by atoms with Crippen LogP contribution in [-0.2, 0) is 13.2 Å². The van der Waals surface area contributed by atoms with Crippen LogP contribution in [0.4, 0.5) is 0 Å². The molecule has 4 heteroatoms. The highest BCUT2D eigenvalue weighted by Crippen LogP contribution is 2.20. The van der Waals surface area contributed by atoms with E-state index in [1.807, 2.05) is 36.4 Å². The molecule has 1 aromatic carbocycles. The van der Waals surface area contributed by atoms with Crippen molar-refractivity contribution in [3.05, 3.63) is 58.7 Å². The van der Waals surface area contributed by atoms with E-state index >= 15 is 0 Å². The van der Waals surface area contributed by atoms with Gasteiger partial charge in [0.25, 0.3) is 0 Å². The maximum atomic E-state index is 6.17. The first-order chi connectivity index (χ1) is 10.1. The summed E-state index contributed by atoms with van der Waals surface area (Å²) >= 11 is 6.17. The second-order valence-electron chi connectivity index (χ2n) is 5.41. The van der Waals surface area contributed by atoms with Crippen LogP contribution in [0.15, 0.2) is 42.6 Å². The fourth-order valence-corrected chi connectivity index (χ4v) is 2.07. The molecule has 0 unspecified atom stereocenters. The average Bonchev–Trinajstić information content (AvgIpc) is 2.48. The number of aromatic nitrogens is 1. The lowest BCUT2D eigenvalue weighted by Gasteiger charge is -2.11. The van der Waals surface area contributed by atoms with Gasteiger partial charge in [0.05, 0.1) is 5.02 Å². The molecule has 112 valence electrons. The van der Waals surface area contributed by atoms with E-state index in [0.717, 1.165) is 24.2 Å². The molecular weight excluding hydrogens is 284 g/mol. The van der Waals surface area contributed by atoms with Crippen molar-refractivity contribution in [3.63, 3.8) is 0 Å². The summed E-state index contributed by atoms with van der Waals surface area (Å²) in [4.78, 5) is 4.22. The zero-order valence-corrected chi connectivity index (χ0v) is 13.2. The van der Waals surface area contributed by atoms with Crippen LogP contribution < -0.4 is 10.1 Å². The third kappa shape index (κ3) is 5.37. The van der Waals surface area contributed by atoms with Crippen molar-refractivity contribution in [1.82, 2.24) is 10.3 Å². The second kappa shape index (κ2) is 8.01. The van der Waals surface area contributed by atoms with E-state index in [-0.39, 0.29) is 0 Å². The molecule has 0 saturated carbocycles. The molecule has 21 heavy (non-hydrogen) atoms. The van der Waals surface area contributed by atoms with E-state index in [1.165, 1.54) is 0 Å².